The number of anilines is 1. The highest BCUT2D eigenvalue weighted by atomic mass is 35.5. The van der Waals surface area contributed by atoms with Gasteiger partial charge in [0, 0.05) is 16.6 Å². The first kappa shape index (κ1) is 16.9. The van der Waals surface area contributed by atoms with Crippen LogP contribution in [-0.4, -0.2) is 27.0 Å². The second-order valence-corrected chi connectivity index (χ2v) is 7.04. The summed E-state index contributed by atoms with van der Waals surface area (Å²) in [5.74, 6) is -0.452. The molecular weight excluding hydrogens is 377 g/mol. The zero-order valence-corrected chi connectivity index (χ0v) is 14.9. The molecule has 1 saturated carbocycles. The van der Waals surface area contributed by atoms with Crippen LogP contribution in [0.1, 0.15) is 45.3 Å². The Balaban J connectivity index is 1.73. The fraction of sp³-hybridized carbons (Fsp3) is 0.167. The summed E-state index contributed by atoms with van der Waals surface area (Å²) in [4.78, 5) is 31.7. The number of amides is 1. The molecule has 0 spiro atoms. The molecule has 0 atom stereocenters. The quantitative estimate of drug-likeness (QED) is 0.602. The van der Waals surface area contributed by atoms with E-state index in [0.29, 0.717) is 27.7 Å². The summed E-state index contributed by atoms with van der Waals surface area (Å²) in [7, 11) is 0. The van der Waals surface area contributed by atoms with Gasteiger partial charge in [-0.1, -0.05) is 23.2 Å². The van der Waals surface area contributed by atoms with Gasteiger partial charge in [0.15, 0.2) is 0 Å². The maximum absolute atomic E-state index is 12.5. The van der Waals surface area contributed by atoms with E-state index in [0.717, 1.165) is 18.7 Å². The van der Waals surface area contributed by atoms with Crippen molar-refractivity contribution in [1.29, 1.82) is 0 Å². The third-order valence-corrected chi connectivity index (χ3v) is 4.79. The lowest BCUT2D eigenvalue weighted by atomic mass is 10.1. The van der Waals surface area contributed by atoms with Gasteiger partial charge in [-0.05, 0) is 43.2 Å². The van der Waals surface area contributed by atoms with Gasteiger partial charge in [-0.3, -0.25) is 4.79 Å². The van der Waals surface area contributed by atoms with E-state index >= 15 is 0 Å². The Labute approximate surface area is 158 Å². The predicted octanol–water partition coefficient (Wildman–Crippen LogP) is 4.70. The van der Waals surface area contributed by atoms with Gasteiger partial charge in [-0.15, -0.1) is 0 Å². The Morgan fingerprint density at radius 2 is 1.92 bits per heavy atom. The number of imidazole rings is 1. The summed E-state index contributed by atoms with van der Waals surface area (Å²) in [6.45, 7) is 0. The Kier molecular flexibility index (Phi) is 4.09. The van der Waals surface area contributed by atoms with Crippen molar-refractivity contribution in [3.05, 3.63) is 57.3 Å². The van der Waals surface area contributed by atoms with Gasteiger partial charge in [-0.2, -0.15) is 0 Å². The largest absolute Gasteiger partial charge is 0.478 e. The van der Waals surface area contributed by atoms with Crippen LogP contribution in [0.15, 0.2) is 30.3 Å². The molecule has 1 aliphatic carbocycles. The number of aromatic amines is 1. The highest BCUT2D eigenvalue weighted by molar-refractivity contribution is 6.36. The van der Waals surface area contributed by atoms with Crippen LogP contribution in [0.4, 0.5) is 5.69 Å². The van der Waals surface area contributed by atoms with Crippen LogP contribution in [0.5, 0.6) is 0 Å². The number of nitrogens with zero attached hydrogens (tertiary/aromatic N) is 1. The number of carboxylic acid groups (broad SMARTS) is 1. The van der Waals surface area contributed by atoms with Crippen molar-refractivity contribution in [1.82, 2.24) is 9.97 Å². The molecule has 0 saturated heterocycles. The molecule has 1 heterocycles. The smallest absolute Gasteiger partial charge is 0.338 e. The van der Waals surface area contributed by atoms with E-state index in [-0.39, 0.29) is 16.1 Å². The number of fused-ring (bicyclic) bond motifs is 1. The molecule has 6 nitrogen and oxygen atoms in total. The first-order chi connectivity index (χ1) is 12.4. The van der Waals surface area contributed by atoms with Crippen LogP contribution in [0.3, 0.4) is 0 Å². The van der Waals surface area contributed by atoms with Crippen LogP contribution in [-0.2, 0) is 0 Å². The highest BCUT2D eigenvalue weighted by Gasteiger charge is 2.28. The van der Waals surface area contributed by atoms with E-state index in [1.807, 2.05) is 0 Å². The number of halogens is 2. The lowest BCUT2D eigenvalue weighted by Gasteiger charge is -2.08. The van der Waals surface area contributed by atoms with Crippen LogP contribution in [0, 0.1) is 0 Å². The summed E-state index contributed by atoms with van der Waals surface area (Å²) in [5.41, 5.74) is 1.52. The molecule has 132 valence electrons. The van der Waals surface area contributed by atoms with Gasteiger partial charge < -0.3 is 15.4 Å². The average Bonchev–Trinajstić information content (AvgIpc) is 3.35. The molecule has 0 bridgehead atoms. The van der Waals surface area contributed by atoms with E-state index in [4.69, 9.17) is 23.2 Å². The van der Waals surface area contributed by atoms with Crippen LogP contribution in [0.2, 0.25) is 10.0 Å². The SMILES string of the molecule is O=C(Nc1cc(C(=O)O)c2nc(C3CC3)[nH]c2c1)c1cc(Cl)ccc1Cl. The normalized spacial score (nSPS) is 13.8. The van der Waals surface area contributed by atoms with E-state index in [1.165, 1.54) is 18.2 Å². The fourth-order valence-electron chi connectivity index (χ4n) is 2.79. The number of aromatic carboxylic acids is 1. The zero-order chi connectivity index (χ0) is 18.4. The van der Waals surface area contributed by atoms with Crippen molar-refractivity contribution >= 4 is 51.8 Å². The summed E-state index contributed by atoms with van der Waals surface area (Å²) in [6.07, 6.45) is 2.08. The lowest BCUT2D eigenvalue weighted by Crippen LogP contribution is -2.13. The summed E-state index contributed by atoms with van der Waals surface area (Å²) < 4.78 is 0. The maximum atomic E-state index is 12.5. The molecule has 1 aliphatic rings. The first-order valence-electron chi connectivity index (χ1n) is 7.95. The highest BCUT2D eigenvalue weighted by Crippen LogP contribution is 2.39. The molecule has 1 fully saturated rings. The Morgan fingerprint density at radius 3 is 2.62 bits per heavy atom. The zero-order valence-electron chi connectivity index (χ0n) is 13.3. The number of hydrogen-bond acceptors (Lipinski definition) is 3. The number of H-pyrrole nitrogens is 1. The lowest BCUT2D eigenvalue weighted by molar-refractivity contribution is 0.0698. The molecule has 1 amide bonds. The van der Waals surface area contributed by atoms with Crippen molar-refractivity contribution in [2.75, 3.05) is 5.32 Å². The number of nitrogens with one attached hydrogen (secondary N) is 2. The average molecular weight is 390 g/mol. The molecule has 0 unspecified atom stereocenters. The van der Waals surface area contributed by atoms with Gasteiger partial charge in [0.2, 0.25) is 0 Å². The monoisotopic (exact) mass is 389 g/mol. The van der Waals surface area contributed by atoms with Crippen LogP contribution >= 0.6 is 23.2 Å². The maximum Gasteiger partial charge on any atom is 0.338 e. The van der Waals surface area contributed by atoms with Crippen LogP contribution in [0.25, 0.3) is 11.0 Å². The molecule has 0 aliphatic heterocycles. The van der Waals surface area contributed by atoms with Crippen molar-refractivity contribution in [2.45, 2.75) is 18.8 Å². The molecule has 4 rings (SSSR count). The molecule has 3 aromatic rings. The van der Waals surface area contributed by atoms with Gasteiger partial charge in [0.1, 0.15) is 11.3 Å². The minimum atomic E-state index is -1.11. The minimum Gasteiger partial charge on any atom is -0.478 e. The standard InChI is InChI=1S/C18H13Cl2N3O3/c19-9-3-4-13(20)11(5-9)17(24)21-10-6-12(18(25)26)15-14(7-10)22-16(23-15)8-1-2-8/h3-8H,1-2H2,(H,21,24)(H,22,23)(H,25,26). The van der Waals surface area contributed by atoms with E-state index < -0.39 is 11.9 Å². The predicted molar refractivity (Wildman–Crippen MR) is 99.4 cm³/mol. The number of hydrogen-bond donors (Lipinski definition) is 3. The second-order valence-electron chi connectivity index (χ2n) is 6.20. The number of carboxylic acids is 1. The van der Waals surface area contributed by atoms with Gasteiger partial charge in [0.25, 0.3) is 5.91 Å². The third kappa shape index (κ3) is 3.13. The topological polar surface area (TPSA) is 95.1 Å². The van der Waals surface area contributed by atoms with E-state index in [9.17, 15) is 14.7 Å². The molecule has 0 radical (unpaired) electrons. The van der Waals surface area contributed by atoms with E-state index in [1.54, 1.807) is 12.1 Å². The number of aromatic nitrogens is 2. The number of carbonyl (C=O) groups is 2. The van der Waals surface area contributed by atoms with Gasteiger partial charge in [-0.25, -0.2) is 9.78 Å². The Hall–Kier alpha value is -2.57. The summed E-state index contributed by atoms with van der Waals surface area (Å²) >= 11 is 12.0. The molecule has 8 heteroatoms. The minimum absolute atomic E-state index is 0.0261. The van der Waals surface area contributed by atoms with Crippen molar-refractivity contribution < 1.29 is 14.7 Å². The fourth-order valence-corrected chi connectivity index (χ4v) is 3.17. The Morgan fingerprint density at radius 1 is 1.15 bits per heavy atom. The molecule has 3 N–H and O–H groups in total. The third-order valence-electron chi connectivity index (χ3n) is 4.23. The molecule has 2 aromatic carbocycles. The first-order valence-corrected chi connectivity index (χ1v) is 8.71. The molecule has 1 aromatic heterocycles. The number of benzene rings is 2. The van der Waals surface area contributed by atoms with E-state index in [2.05, 4.69) is 15.3 Å². The van der Waals surface area contributed by atoms with Crippen LogP contribution < -0.4 is 5.32 Å². The summed E-state index contributed by atoms with van der Waals surface area (Å²) in [5, 5.41) is 12.8. The van der Waals surface area contributed by atoms with Crippen molar-refractivity contribution in [2.24, 2.45) is 0 Å². The summed E-state index contributed by atoms with van der Waals surface area (Å²) in [6, 6.07) is 7.62. The second kappa shape index (κ2) is 6.30. The van der Waals surface area contributed by atoms with Crippen molar-refractivity contribution in [3.63, 3.8) is 0 Å². The van der Waals surface area contributed by atoms with Crippen molar-refractivity contribution in [3.8, 4) is 0 Å². The molecule has 26 heavy (non-hydrogen) atoms. The molecular formula is C18H13Cl2N3O3. The van der Waals surface area contributed by atoms with Gasteiger partial charge >= 0.3 is 5.97 Å². The number of carbonyl (C=O) groups excluding carboxylic acids is 1. The number of rotatable bonds is 4. The van der Waals surface area contributed by atoms with Gasteiger partial charge in [0.05, 0.1) is 21.7 Å². The Bertz CT molecular complexity index is 1060.